The van der Waals surface area contributed by atoms with Gasteiger partial charge < -0.3 is 9.64 Å². The van der Waals surface area contributed by atoms with Gasteiger partial charge in [0.15, 0.2) is 0 Å². The Balaban J connectivity index is 2.20. The fourth-order valence-corrected chi connectivity index (χ4v) is 2.26. The summed E-state index contributed by atoms with van der Waals surface area (Å²) >= 11 is 10.2. The van der Waals surface area contributed by atoms with Gasteiger partial charge in [-0.2, -0.15) is 0 Å². The number of thiol groups is 1. The van der Waals surface area contributed by atoms with Gasteiger partial charge in [-0.1, -0.05) is 11.6 Å². The Hall–Kier alpha value is -0.710. The second kappa shape index (κ2) is 5.29. The van der Waals surface area contributed by atoms with Crippen LogP contribution in [0.5, 0.6) is 0 Å². The van der Waals surface area contributed by atoms with Gasteiger partial charge >= 0.3 is 0 Å². The number of rotatable bonds is 2. The molecule has 2 rings (SSSR count). The van der Waals surface area contributed by atoms with Crippen molar-refractivity contribution in [2.24, 2.45) is 0 Å². The lowest BCUT2D eigenvalue weighted by atomic mass is 10.1. The molecular weight excluding hydrogens is 258 g/mol. The van der Waals surface area contributed by atoms with Gasteiger partial charge in [0, 0.05) is 18.6 Å². The molecule has 0 aromatic heterocycles. The monoisotopic (exact) mass is 271 g/mol. The Bertz CT molecular complexity index is 433. The molecule has 1 unspecified atom stereocenters. The molecule has 1 atom stereocenters. The van der Waals surface area contributed by atoms with E-state index >= 15 is 0 Å². The molecule has 0 aliphatic carbocycles. The number of ether oxygens (including phenoxy) is 1. The van der Waals surface area contributed by atoms with Crippen LogP contribution in [-0.2, 0) is 4.74 Å². The van der Waals surface area contributed by atoms with Crippen molar-refractivity contribution in [3.8, 4) is 0 Å². The summed E-state index contributed by atoms with van der Waals surface area (Å²) in [5.74, 6) is -0.0820. The van der Waals surface area contributed by atoms with Crippen LogP contribution in [0.4, 0.5) is 0 Å². The highest BCUT2D eigenvalue weighted by atomic mass is 35.5. The van der Waals surface area contributed by atoms with Crippen LogP contribution in [0.15, 0.2) is 23.1 Å². The first-order chi connectivity index (χ1) is 8.09. The molecule has 1 aliphatic heterocycles. The molecule has 17 heavy (non-hydrogen) atoms. The number of likely N-dealkylation sites (N-methyl/N-ethyl adjacent to an activating group) is 1. The second-order valence-electron chi connectivity index (χ2n) is 4.10. The highest BCUT2D eigenvalue weighted by Gasteiger charge is 2.26. The van der Waals surface area contributed by atoms with Crippen LogP contribution in [0, 0.1) is 0 Å². The minimum atomic E-state index is -0.0820. The van der Waals surface area contributed by atoms with Gasteiger partial charge in [0.2, 0.25) is 0 Å². The SMILES string of the molecule is CN(C(=O)c1cc(S)ccc1Cl)C1CCOC1. The lowest BCUT2D eigenvalue weighted by molar-refractivity contribution is 0.0711. The first-order valence-corrected chi connectivity index (χ1v) is 6.25. The average Bonchev–Trinajstić information content (AvgIpc) is 2.84. The normalized spacial score (nSPS) is 19.4. The number of hydrogen-bond donors (Lipinski definition) is 1. The summed E-state index contributed by atoms with van der Waals surface area (Å²) in [5, 5.41) is 0.457. The Morgan fingerprint density at radius 1 is 1.59 bits per heavy atom. The van der Waals surface area contributed by atoms with Gasteiger partial charge in [0.05, 0.1) is 23.2 Å². The van der Waals surface area contributed by atoms with Crippen molar-refractivity contribution in [2.75, 3.05) is 20.3 Å². The molecule has 1 amide bonds. The second-order valence-corrected chi connectivity index (χ2v) is 5.02. The molecule has 0 bridgehead atoms. The van der Waals surface area contributed by atoms with E-state index in [0.29, 0.717) is 23.8 Å². The van der Waals surface area contributed by atoms with Crippen LogP contribution < -0.4 is 0 Å². The Morgan fingerprint density at radius 2 is 2.35 bits per heavy atom. The Labute approximate surface area is 111 Å². The highest BCUT2D eigenvalue weighted by molar-refractivity contribution is 7.80. The standard InChI is InChI=1S/C12H14ClNO2S/c1-14(8-4-5-16-7-8)12(15)10-6-9(17)2-3-11(10)13/h2-3,6,8,17H,4-5,7H2,1H3. The molecule has 5 heteroatoms. The van der Waals surface area contributed by atoms with E-state index in [2.05, 4.69) is 12.6 Å². The highest BCUT2D eigenvalue weighted by Crippen LogP contribution is 2.22. The fraction of sp³-hybridized carbons (Fsp3) is 0.417. The molecular formula is C12H14ClNO2S. The van der Waals surface area contributed by atoms with Crippen molar-refractivity contribution in [3.63, 3.8) is 0 Å². The molecule has 1 saturated heterocycles. The average molecular weight is 272 g/mol. The summed E-state index contributed by atoms with van der Waals surface area (Å²) in [5.41, 5.74) is 0.494. The van der Waals surface area contributed by atoms with Crippen molar-refractivity contribution >= 4 is 30.1 Å². The van der Waals surface area contributed by atoms with E-state index in [-0.39, 0.29) is 11.9 Å². The molecule has 1 aromatic carbocycles. The zero-order chi connectivity index (χ0) is 12.4. The smallest absolute Gasteiger partial charge is 0.255 e. The van der Waals surface area contributed by atoms with Gasteiger partial charge in [0.1, 0.15) is 0 Å². The summed E-state index contributed by atoms with van der Waals surface area (Å²) in [7, 11) is 1.78. The van der Waals surface area contributed by atoms with E-state index in [4.69, 9.17) is 16.3 Å². The molecule has 0 N–H and O–H groups in total. The van der Waals surface area contributed by atoms with Gasteiger partial charge in [-0.15, -0.1) is 12.6 Å². The molecule has 1 fully saturated rings. The molecule has 0 saturated carbocycles. The maximum atomic E-state index is 12.3. The van der Waals surface area contributed by atoms with Gasteiger partial charge in [-0.3, -0.25) is 4.79 Å². The Kier molecular flexibility index (Phi) is 3.97. The predicted octanol–water partition coefficient (Wildman–Crippen LogP) is 2.49. The number of amides is 1. The third-order valence-corrected chi connectivity index (χ3v) is 3.56. The van der Waals surface area contributed by atoms with Crippen molar-refractivity contribution < 1.29 is 9.53 Å². The van der Waals surface area contributed by atoms with Crippen LogP contribution in [0.25, 0.3) is 0 Å². The summed E-state index contributed by atoms with van der Waals surface area (Å²) in [6.07, 6.45) is 0.875. The molecule has 0 spiro atoms. The first kappa shape index (κ1) is 12.7. The van der Waals surface area contributed by atoms with Gasteiger partial charge in [-0.05, 0) is 24.6 Å². The van der Waals surface area contributed by atoms with E-state index in [9.17, 15) is 4.79 Å². The predicted molar refractivity (Wildman–Crippen MR) is 70.0 cm³/mol. The zero-order valence-corrected chi connectivity index (χ0v) is 11.2. The zero-order valence-electron chi connectivity index (χ0n) is 9.52. The van der Waals surface area contributed by atoms with Gasteiger partial charge in [-0.25, -0.2) is 0 Å². The minimum absolute atomic E-state index is 0.0820. The lowest BCUT2D eigenvalue weighted by Gasteiger charge is -2.23. The number of nitrogens with zero attached hydrogens (tertiary/aromatic N) is 1. The molecule has 0 radical (unpaired) electrons. The van der Waals surface area contributed by atoms with Gasteiger partial charge in [0.25, 0.3) is 5.91 Å². The van der Waals surface area contributed by atoms with Crippen LogP contribution in [0.3, 0.4) is 0 Å². The quantitative estimate of drug-likeness (QED) is 0.838. The number of carbonyl (C=O) groups is 1. The van der Waals surface area contributed by atoms with E-state index in [0.717, 1.165) is 11.3 Å². The first-order valence-electron chi connectivity index (χ1n) is 5.43. The number of hydrogen-bond acceptors (Lipinski definition) is 3. The molecule has 1 heterocycles. The van der Waals surface area contributed by atoms with E-state index < -0.39 is 0 Å². The number of halogens is 1. The van der Waals surface area contributed by atoms with E-state index in [1.807, 2.05) is 0 Å². The third kappa shape index (κ3) is 2.76. The maximum Gasteiger partial charge on any atom is 0.255 e. The summed E-state index contributed by atoms with van der Waals surface area (Å²) < 4.78 is 5.28. The number of carbonyl (C=O) groups excluding carboxylic acids is 1. The largest absolute Gasteiger partial charge is 0.379 e. The van der Waals surface area contributed by atoms with E-state index in [1.165, 1.54) is 0 Å². The number of benzene rings is 1. The molecule has 1 aromatic rings. The van der Waals surface area contributed by atoms with Crippen LogP contribution in [-0.4, -0.2) is 37.1 Å². The van der Waals surface area contributed by atoms with Crippen LogP contribution in [0.1, 0.15) is 16.8 Å². The Morgan fingerprint density at radius 3 is 3.00 bits per heavy atom. The topological polar surface area (TPSA) is 29.5 Å². The summed E-state index contributed by atoms with van der Waals surface area (Å²) in [6, 6.07) is 5.29. The molecule has 3 nitrogen and oxygen atoms in total. The van der Waals surface area contributed by atoms with Crippen LogP contribution in [0.2, 0.25) is 5.02 Å². The molecule has 92 valence electrons. The van der Waals surface area contributed by atoms with Crippen molar-refractivity contribution in [1.29, 1.82) is 0 Å². The minimum Gasteiger partial charge on any atom is -0.379 e. The van der Waals surface area contributed by atoms with Crippen molar-refractivity contribution in [3.05, 3.63) is 28.8 Å². The van der Waals surface area contributed by atoms with E-state index in [1.54, 1.807) is 30.1 Å². The van der Waals surface area contributed by atoms with Crippen LogP contribution >= 0.6 is 24.2 Å². The fourth-order valence-electron chi connectivity index (χ4n) is 1.86. The van der Waals surface area contributed by atoms with Crippen molar-refractivity contribution in [2.45, 2.75) is 17.4 Å². The summed E-state index contributed by atoms with van der Waals surface area (Å²) in [4.78, 5) is 14.7. The third-order valence-electron chi connectivity index (χ3n) is 2.95. The lowest BCUT2D eigenvalue weighted by Crippen LogP contribution is -2.37. The maximum absolute atomic E-state index is 12.3. The molecule has 1 aliphatic rings. The summed E-state index contributed by atoms with van der Waals surface area (Å²) in [6.45, 7) is 1.31. The van der Waals surface area contributed by atoms with Crippen molar-refractivity contribution in [1.82, 2.24) is 4.90 Å².